The fourth-order valence-corrected chi connectivity index (χ4v) is 3.04. The highest BCUT2D eigenvalue weighted by Gasteiger charge is 2.17. The van der Waals surface area contributed by atoms with Gasteiger partial charge in [-0.1, -0.05) is 25.7 Å². The highest BCUT2D eigenvalue weighted by atomic mass is 15.2. The maximum Gasteiger partial charge on any atom is 0.224 e. The Bertz CT molecular complexity index is 348. The first-order valence-electron chi connectivity index (χ1n) is 7.26. The minimum absolute atomic E-state index is 0.576. The first-order valence-corrected chi connectivity index (χ1v) is 7.26. The Balaban J connectivity index is 1.60. The number of rotatable bonds is 4. The van der Waals surface area contributed by atoms with Crippen molar-refractivity contribution in [2.75, 3.05) is 10.6 Å². The van der Waals surface area contributed by atoms with Gasteiger partial charge in [0.15, 0.2) is 0 Å². The van der Waals surface area contributed by atoms with Crippen molar-refractivity contribution in [1.29, 1.82) is 0 Å². The summed E-state index contributed by atoms with van der Waals surface area (Å²) < 4.78 is 0. The zero-order valence-electron chi connectivity index (χ0n) is 10.9. The molecule has 1 aromatic heterocycles. The van der Waals surface area contributed by atoms with Gasteiger partial charge in [-0.3, -0.25) is 0 Å². The van der Waals surface area contributed by atoms with Crippen LogP contribution in [-0.4, -0.2) is 22.1 Å². The van der Waals surface area contributed by atoms with Gasteiger partial charge in [-0.25, -0.2) is 4.98 Å². The molecule has 2 saturated carbocycles. The molecule has 0 atom stereocenters. The molecule has 3 rings (SSSR count). The number of hydrogen-bond donors (Lipinski definition) is 2. The first-order chi connectivity index (χ1) is 8.90. The smallest absolute Gasteiger partial charge is 0.224 e. The van der Waals surface area contributed by atoms with E-state index in [1.807, 2.05) is 12.3 Å². The lowest BCUT2D eigenvalue weighted by Gasteiger charge is -2.15. The van der Waals surface area contributed by atoms with Gasteiger partial charge in [-0.2, -0.15) is 4.98 Å². The Kier molecular flexibility index (Phi) is 3.62. The zero-order chi connectivity index (χ0) is 12.2. The predicted molar refractivity (Wildman–Crippen MR) is 73.8 cm³/mol. The summed E-state index contributed by atoms with van der Waals surface area (Å²) in [5, 5.41) is 6.96. The van der Waals surface area contributed by atoms with E-state index >= 15 is 0 Å². The topological polar surface area (TPSA) is 49.8 Å². The van der Waals surface area contributed by atoms with E-state index in [4.69, 9.17) is 0 Å². The molecule has 0 saturated heterocycles. The molecule has 98 valence electrons. The van der Waals surface area contributed by atoms with Gasteiger partial charge in [0.1, 0.15) is 5.82 Å². The van der Waals surface area contributed by atoms with Gasteiger partial charge in [0.2, 0.25) is 5.95 Å². The summed E-state index contributed by atoms with van der Waals surface area (Å²) in [7, 11) is 0. The molecular weight excluding hydrogens is 224 g/mol. The molecule has 0 aliphatic heterocycles. The van der Waals surface area contributed by atoms with Crippen molar-refractivity contribution < 1.29 is 0 Å². The van der Waals surface area contributed by atoms with Crippen LogP contribution >= 0.6 is 0 Å². The highest BCUT2D eigenvalue weighted by molar-refractivity contribution is 5.41. The van der Waals surface area contributed by atoms with E-state index in [1.54, 1.807) is 0 Å². The van der Waals surface area contributed by atoms with E-state index in [0.29, 0.717) is 12.1 Å². The lowest BCUT2D eigenvalue weighted by molar-refractivity contribution is 0.736. The number of aromatic nitrogens is 2. The third kappa shape index (κ3) is 2.92. The van der Waals surface area contributed by atoms with Crippen LogP contribution < -0.4 is 10.6 Å². The van der Waals surface area contributed by atoms with Crippen LogP contribution in [0.1, 0.15) is 51.4 Å². The second-order valence-corrected chi connectivity index (χ2v) is 5.52. The SMILES string of the molecule is c1cc(NC2CCCC2)nc(NC2CCCC2)n1. The van der Waals surface area contributed by atoms with Gasteiger partial charge in [0.05, 0.1) is 0 Å². The van der Waals surface area contributed by atoms with Crippen LogP contribution in [0.2, 0.25) is 0 Å². The zero-order valence-corrected chi connectivity index (χ0v) is 10.9. The fraction of sp³-hybridized carbons (Fsp3) is 0.714. The van der Waals surface area contributed by atoms with Crippen molar-refractivity contribution in [2.45, 2.75) is 63.5 Å². The quantitative estimate of drug-likeness (QED) is 0.856. The van der Waals surface area contributed by atoms with E-state index in [9.17, 15) is 0 Å². The summed E-state index contributed by atoms with van der Waals surface area (Å²) in [6, 6.07) is 3.16. The maximum atomic E-state index is 4.57. The second-order valence-electron chi connectivity index (χ2n) is 5.52. The van der Waals surface area contributed by atoms with Crippen molar-refractivity contribution in [1.82, 2.24) is 9.97 Å². The standard InChI is InChI=1S/C14H22N4/c1-2-6-11(5-1)16-13-9-10-15-14(18-13)17-12-7-3-4-8-12/h9-12H,1-8H2,(H2,15,16,17,18). The summed E-state index contributed by atoms with van der Waals surface area (Å²) >= 11 is 0. The molecule has 18 heavy (non-hydrogen) atoms. The first kappa shape index (κ1) is 11.8. The molecule has 0 spiro atoms. The van der Waals surface area contributed by atoms with Gasteiger partial charge in [-0.15, -0.1) is 0 Å². The fourth-order valence-electron chi connectivity index (χ4n) is 3.04. The number of hydrogen-bond acceptors (Lipinski definition) is 4. The number of nitrogens with one attached hydrogen (secondary N) is 2. The molecule has 0 bridgehead atoms. The van der Waals surface area contributed by atoms with E-state index in [0.717, 1.165) is 11.8 Å². The van der Waals surface area contributed by atoms with Crippen LogP contribution in [0.5, 0.6) is 0 Å². The molecule has 1 heterocycles. The molecule has 2 aliphatic carbocycles. The highest BCUT2D eigenvalue weighted by Crippen LogP contribution is 2.23. The minimum Gasteiger partial charge on any atom is -0.367 e. The molecule has 4 nitrogen and oxygen atoms in total. The molecule has 2 aliphatic rings. The lowest BCUT2D eigenvalue weighted by Crippen LogP contribution is -2.19. The van der Waals surface area contributed by atoms with Crippen LogP contribution in [-0.2, 0) is 0 Å². The Morgan fingerprint density at radius 3 is 2.17 bits per heavy atom. The van der Waals surface area contributed by atoms with E-state index in [-0.39, 0.29) is 0 Å². The summed E-state index contributed by atoms with van der Waals surface area (Å²) in [5.74, 6) is 1.75. The molecule has 1 aromatic rings. The summed E-state index contributed by atoms with van der Waals surface area (Å²) in [6.07, 6.45) is 12.3. The largest absolute Gasteiger partial charge is 0.367 e. The molecule has 0 unspecified atom stereocenters. The molecule has 2 N–H and O–H groups in total. The number of nitrogens with zero attached hydrogens (tertiary/aromatic N) is 2. The van der Waals surface area contributed by atoms with Crippen molar-refractivity contribution in [3.63, 3.8) is 0 Å². The maximum absolute atomic E-state index is 4.57. The van der Waals surface area contributed by atoms with E-state index in [1.165, 1.54) is 51.4 Å². The average Bonchev–Trinajstić information content (AvgIpc) is 3.03. The normalized spacial score (nSPS) is 21.3. The third-order valence-electron chi connectivity index (χ3n) is 4.05. The summed E-state index contributed by atoms with van der Waals surface area (Å²) in [4.78, 5) is 8.88. The molecule has 4 heteroatoms. The molecule has 0 radical (unpaired) electrons. The Hall–Kier alpha value is -1.32. The van der Waals surface area contributed by atoms with Crippen molar-refractivity contribution >= 4 is 11.8 Å². The van der Waals surface area contributed by atoms with Gasteiger partial charge in [0.25, 0.3) is 0 Å². The molecule has 2 fully saturated rings. The van der Waals surface area contributed by atoms with E-state index in [2.05, 4.69) is 20.6 Å². The number of anilines is 2. The molecular formula is C14H22N4. The molecule has 0 aromatic carbocycles. The summed E-state index contributed by atoms with van der Waals surface area (Å²) in [5.41, 5.74) is 0. The van der Waals surface area contributed by atoms with Gasteiger partial charge in [0, 0.05) is 18.3 Å². The van der Waals surface area contributed by atoms with E-state index < -0.39 is 0 Å². The van der Waals surface area contributed by atoms with Crippen molar-refractivity contribution in [3.8, 4) is 0 Å². The predicted octanol–water partition coefficient (Wildman–Crippen LogP) is 3.19. The van der Waals surface area contributed by atoms with Gasteiger partial charge < -0.3 is 10.6 Å². The van der Waals surface area contributed by atoms with Crippen LogP contribution in [0.4, 0.5) is 11.8 Å². The monoisotopic (exact) mass is 246 g/mol. The molecule has 0 amide bonds. The second kappa shape index (κ2) is 5.55. The van der Waals surface area contributed by atoms with Crippen LogP contribution in [0.25, 0.3) is 0 Å². The van der Waals surface area contributed by atoms with Crippen LogP contribution in [0.3, 0.4) is 0 Å². The van der Waals surface area contributed by atoms with Crippen molar-refractivity contribution in [3.05, 3.63) is 12.3 Å². The van der Waals surface area contributed by atoms with Gasteiger partial charge in [-0.05, 0) is 31.7 Å². The van der Waals surface area contributed by atoms with Crippen LogP contribution in [0.15, 0.2) is 12.3 Å². The third-order valence-corrected chi connectivity index (χ3v) is 4.05. The Morgan fingerprint density at radius 1 is 0.889 bits per heavy atom. The Morgan fingerprint density at radius 2 is 1.50 bits per heavy atom. The minimum atomic E-state index is 0.576. The lowest BCUT2D eigenvalue weighted by atomic mass is 10.2. The summed E-state index contributed by atoms with van der Waals surface area (Å²) in [6.45, 7) is 0. The van der Waals surface area contributed by atoms with Crippen LogP contribution in [0, 0.1) is 0 Å². The van der Waals surface area contributed by atoms with Gasteiger partial charge >= 0.3 is 0 Å². The average molecular weight is 246 g/mol. The van der Waals surface area contributed by atoms with Crippen molar-refractivity contribution in [2.24, 2.45) is 0 Å². The Labute approximate surface area is 109 Å².